The van der Waals surface area contributed by atoms with Crippen molar-refractivity contribution in [1.29, 1.82) is 0 Å². The third kappa shape index (κ3) is 4.89. The number of benzene rings is 1. The second kappa shape index (κ2) is 7.87. The van der Waals surface area contributed by atoms with Crippen molar-refractivity contribution in [2.45, 2.75) is 26.2 Å². The first-order valence-electron chi connectivity index (χ1n) is 7.88. The van der Waals surface area contributed by atoms with Crippen LogP contribution in [0.4, 0.5) is 5.69 Å². The highest BCUT2D eigenvalue weighted by atomic mass is 16.4. The average molecular weight is 318 g/mol. The van der Waals surface area contributed by atoms with E-state index in [-0.39, 0.29) is 17.6 Å². The maximum Gasteiger partial charge on any atom is 0.306 e. The largest absolute Gasteiger partial charge is 0.481 e. The minimum Gasteiger partial charge on any atom is -0.481 e. The predicted octanol–water partition coefficient (Wildman–Crippen LogP) is 2.01. The number of carboxylic acid groups (broad SMARTS) is 1. The Labute approximate surface area is 135 Å². The number of anilines is 1. The third-order valence-electron chi connectivity index (χ3n) is 4.12. The number of ketones is 1. The van der Waals surface area contributed by atoms with Crippen LogP contribution < -0.4 is 5.32 Å². The molecule has 0 radical (unpaired) electrons. The van der Waals surface area contributed by atoms with Crippen LogP contribution in [0.25, 0.3) is 0 Å². The molecule has 0 saturated carbocycles. The third-order valence-corrected chi connectivity index (χ3v) is 4.12. The lowest BCUT2D eigenvalue weighted by atomic mass is 9.97. The van der Waals surface area contributed by atoms with Crippen molar-refractivity contribution in [3.05, 3.63) is 29.8 Å². The van der Waals surface area contributed by atoms with Crippen LogP contribution in [-0.4, -0.2) is 47.3 Å². The van der Waals surface area contributed by atoms with Crippen molar-refractivity contribution in [3.63, 3.8) is 0 Å². The van der Waals surface area contributed by atoms with E-state index in [4.69, 9.17) is 5.11 Å². The van der Waals surface area contributed by atoms with Crippen molar-refractivity contribution in [1.82, 2.24) is 4.90 Å². The first kappa shape index (κ1) is 17.1. The zero-order chi connectivity index (χ0) is 16.8. The number of nitrogens with zero attached hydrogens (tertiary/aromatic N) is 1. The lowest BCUT2D eigenvalue weighted by molar-refractivity contribution is -0.143. The second-order valence-corrected chi connectivity index (χ2v) is 5.79. The summed E-state index contributed by atoms with van der Waals surface area (Å²) in [6, 6.07) is 6.85. The smallest absolute Gasteiger partial charge is 0.306 e. The van der Waals surface area contributed by atoms with Crippen LogP contribution in [0.2, 0.25) is 0 Å². The zero-order valence-corrected chi connectivity index (χ0v) is 13.2. The lowest BCUT2D eigenvalue weighted by Crippen LogP contribution is -2.39. The molecule has 0 aromatic heterocycles. The van der Waals surface area contributed by atoms with Gasteiger partial charge in [-0.2, -0.15) is 0 Å². The number of rotatable bonds is 6. The molecular weight excluding hydrogens is 296 g/mol. The van der Waals surface area contributed by atoms with Gasteiger partial charge in [-0.05, 0) is 50.2 Å². The molecule has 23 heavy (non-hydrogen) atoms. The van der Waals surface area contributed by atoms with E-state index in [1.165, 1.54) is 0 Å². The van der Waals surface area contributed by atoms with E-state index in [9.17, 15) is 14.4 Å². The van der Waals surface area contributed by atoms with Gasteiger partial charge >= 0.3 is 5.97 Å². The van der Waals surface area contributed by atoms with Crippen LogP contribution in [0.3, 0.4) is 0 Å². The number of carboxylic acids is 1. The van der Waals surface area contributed by atoms with E-state index >= 15 is 0 Å². The molecule has 6 heteroatoms. The van der Waals surface area contributed by atoms with E-state index in [0.29, 0.717) is 50.1 Å². The van der Waals surface area contributed by atoms with Gasteiger partial charge in [0.05, 0.1) is 12.5 Å². The monoisotopic (exact) mass is 318 g/mol. The molecule has 2 N–H and O–H groups in total. The number of likely N-dealkylation sites (tertiary alicyclic amines) is 1. The standard InChI is InChI=1S/C17H22N2O4/c1-2-16(21)18-14-5-3-12(4-6-14)15(20)11-19-9-7-13(8-10-19)17(22)23/h3-6,13H,2,7-11H2,1H3,(H,18,21)(H,22,23). The molecule has 1 fully saturated rings. The summed E-state index contributed by atoms with van der Waals surface area (Å²) >= 11 is 0. The van der Waals surface area contributed by atoms with Crippen LogP contribution in [0.1, 0.15) is 36.5 Å². The normalized spacial score (nSPS) is 16.0. The molecule has 1 aliphatic rings. The molecule has 0 spiro atoms. The van der Waals surface area contributed by atoms with Gasteiger partial charge in [0.25, 0.3) is 0 Å². The maximum absolute atomic E-state index is 12.3. The number of carbonyl (C=O) groups is 3. The Morgan fingerprint density at radius 1 is 1.17 bits per heavy atom. The number of carbonyl (C=O) groups excluding carboxylic acids is 2. The van der Waals surface area contributed by atoms with E-state index in [1.54, 1.807) is 31.2 Å². The number of hydrogen-bond donors (Lipinski definition) is 2. The summed E-state index contributed by atoms with van der Waals surface area (Å²) in [5.41, 5.74) is 1.27. The molecule has 1 aromatic carbocycles. The minimum atomic E-state index is -0.749. The number of nitrogens with one attached hydrogen (secondary N) is 1. The topological polar surface area (TPSA) is 86.7 Å². The first-order chi connectivity index (χ1) is 11.0. The first-order valence-corrected chi connectivity index (χ1v) is 7.88. The summed E-state index contributed by atoms with van der Waals surface area (Å²) in [7, 11) is 0. The van der Waals surface area contributed by atoms with Crippen LogP contribution in [0, 0.1) is 5.92 Å². The van der Waals surface area contributed by atoms with E-state index in [2.05, 4.69) is 5.32 Å². The van der Waals surface area contributed by atoms with E-state index in [0.717, 1.165) is 0 Å². The van der Waals surface area contributed by atoms with E-state index in [1.807, 2.05) is 4.90 Å². The van der Waals surface area contributed by atoms with Gasteiger partial charge < -0.3 is 10.4 Å². The van der Waals surface area contributed by atoms with Gasteiger partial charge in [0.2, 0.25) is 5.91 Å². The summed E-state index contributed by atoms with van der Waals surface area (Å²) in [5, 5.41) is 11.7. The zero-order valence-electron chi connectivity index (χ0n) is 13.2. The minimum absolute atomic E-state index is 0.00661. The Kier molecular flexibility index (Phi) is 5.87. The molecule has 1 heterocycles. The van der Waals surface area contributed by atoms with Gasteiger partial charge in [0.1, 0.15) is 0 Å². The Hall–Kier alpha value is -2.21. The Balaban J connectivity index is 1.86. The highest BCUT2D eigenvalue weighted by Crippen LogP contribution is 2.18. The molecule has 1 aromatic rings. The van der Waals surface area contributed by atoms with Gasteiger partial charge in [0.15, 0.2) is 5.78 Å². The molecule has 0 atom stereocenters. The summed E-state index contributed by atoms with van der Waals surface area (Å²) in [4.78, 5) is 36.5. The molecular formula is C17H22N2O4. The molecule has 1 aliphatic heterocycles. The number of hydrogen-bond acceptors (Lipinski definition) is 4. The summed E-state index contributed by atoms with van der Waals surface area (Å²) in [6.07, 6.45) is 1.59. The summed E-state index contributed by atoms with van der Waals surface area (Å²) in [6.45, 7) is 3.34. The van der Waals surface area contributed by atoms with Crippen LogP contribution in [-0.2, 0) is 9.59 Å². The van der Waals surface area contributed by atoms with Gasteiger partial charge in [-0.15, -0.1) is 0 Å². The lowest BCUT2D eigenvalue weighted by Gasteiger charge is -2.29. The summed E-state index contributed by atoms with van der Waals surface area (Å²) < 4.78 is 0. The molecule has 2 rings (SSSR count). The highest BCUT2D eigenvalue weighted by Gasteiger charge is 2.25. The maximum atomic E-state index is 12.3. The SMILES string of the molecule is CCC(=O)Nc1ccc(C(=O)CN2CCC(C(=O)O)CC2)cc1. The Morgan fingerprint density at radius 2 is 1.78 bits per heavy atom. The van der Waals surface area contributed by atoms with Crippen molar-refractivity contribution in [2.24, 2.45) is 5.92 Å². The van der Waals surface area contributed by atoms with Gasteiger partial charge in [0, 0.05) is 17.7 Å². The Bertz CT molecular complexity index is 575. The fourth-order valence-electron chi connectivity index (χ4n) is 2.62. The van der Waals surface area contributed by atoms with Gasteiger partial charge in [-0.1, -0.05) is 6.92 Å². The molecule has 6 nitrogen and oxygen atoms in total. The number of amides is 1. The van der Waals surface area contributed by atoms with Crippen molar-refractivity contribution in [3.8, 4) is 0 Å². The molecule has 1 amide bonds. The molecule has 0 aliphatic carbocycles. The fourth-order valence-corrected chi connectivity index (χ4v) is 2.62. The van der Waals surface area contributed by atoms with Crippen molar-refractivity contribution in [2.75, 3.05) is 25.0 Å². The number of piperidine rings is 1. The molecule has 0 unspecified atom stereocenters. The summed E-state index contributed by atoms with van der Waals surface area (Å²) in [5.74, 6) is -1.10. The number of Topliss-reactive ketones (excluding diaryl/α,β-unsaturated/α-hetero) is 1. The van der Waals surface area contributed by atoms with Crippen molar-refractivity contribution >= 4 is 23.3 Å². The number of aliphatic carboxylic acids is 1. The fraction of sp³-hybridized carbons (Fsp3) is 0.471. The van der Waals surface area contributed by atoms with Crippen LogP contribution >= 0.6 is 0 Å². The van der Waals surface area contributed by atoms with Crippen LogP contribution in [0.5, 0.6) is 0 Å². The second-order valence-electron chi connectivity index (χ2n) is 5.79. The quantitative estimate of drug-likeness (QED) is 0.784. The molecule has 124 valence electrons. The molecule has 1 saturated heterocycles. The Morgan fingerprint density at radius 3 is 2.30 bits per heavy atom. The van der Waals surface area contributed by atoms with E-state index < -0.39 is 5.97 Å². The van der Waals surface area contributed by atoms with Gasteiger partial charge in [-0.3, -0.25) is 19.3 Å². The van der Waals surface area contributed by atoms with Gasteiger partial charge in [-0.25, -0.2) is 0 Å². The van der Waals surface area contributed by atoms with Crippen molar-refractivity contribution < 1.29 is 19.5 Å². The van der Waals surface area contributed by atoms with Crippen LogP contribution in [0.15, 0.2) is 24.3 Å². The average Bonchev–Trinajstić information content (AvgIpc) is 2.55. The molecule has 0 bridgehead atoms. The highest BCUT2D eigenvalue weighted by molar-refractivity contribution is 5.98. The predicted molar refractivity (Wildman–Crippen MR) is 86.5 cm³/mol.